The highest BCUT2D eigenvalue weighted by atomic mass is 16.3. The summed E-state index contributed by atoms with van der Waals surface area (Å²) in [7, 11) is 1.75. The molecule has 4 rings (SSSR count). The van der Waals surface area contributed by atoms with Crippen LogP contribution in [0.5, 0.6) is 0 Å². The van der Waals surface area contributed by atoms with Crippen LogP contribution in [-0.4, -0.2) is 52.1 Å². The Hall–Kier alpha value is -2.99. The lowest BCUT2D eigenvalue weighted by Gasteiger charge is -2.18. The third-order valence-electron chi connectivity index (χ3n) is 5.19. The molecule has 0 aliphatic carbocycles. The molecule has 0 unspecified atom stereocenters. The van der Waals surface area contributed by atoms with E-state index in [9.17, 15) is 9.90 Å². The van der Waals surface area contributed by atoms with Gasteiger partial charge in [-0.2, -0.15) is 0 Å². The fourth-order valence-corrected chi connectivity index (χ4v) is 3.78. The molecule has 6 nitrogen and oxygen atoms in total. The van der Waals surface area contributed by atoms with Gasteiger partial charge in [0.15, 0.2) is 0 Å². The van der Waals surface area contributed by atoms with Crippen molar-refractivity contribution in [1.29, 1.82) is 0 Å². The Bertz CT molecular complexity index is 970. The number of β-amino-alcohol motifs (C(OH)–C–C–N with tert-alkyl or cyclic N) is 1. The first-order valence-corrected chi connectivity index (χ1v) is 9.10. The Balaban J connectivity index is 1.54. The summed E-state index contributed by atoms with van der Waals surface area (Å²) in [5, 5.41) is 14.6. The summed E-state index contributed by atoms with van der Waals surface area (Å²) in [6, 6.07) is 13.5. The lowest BCUT2D eigenvalue weighted by Crippen LogP contribution is -2.30. The summed E-state index contributed by atoms with van der Waals surface area (Å²) in [4.78, 5) is 23.2. The molecule has 3 heterocycles. The van der Waals surface area contributed by atoms with E-state index < -0.39 is 6.10 Å². The smallest absolute Gasteiger partial charge is 0.257 e. The molecule has 1 aromatic carbocycles. The first-order valence-electron chi connectivity index (χ1n) is 9.10. The summed E-state index contributed by atoms with van der Waals surface area (Å²) >= 11 is 0. The number of nitrogens with one attached hydrogen (secondary N) is 1. The van der Waals surface area contributed by atoms with Gasteiger partial charge in [-0.25, -0.2) is 4.98 Å². The van der Waals surface area contributed by atoms with Crippen LogP contribution in [0.2, 0.25) is 0 Å². The molecule has 2 N–H and O–H groups in total. The Kier molecular flexibility index (Phi) is 4.73. The standard InChI is InChI=1S/C21H22N4O2/c1-22-20-17(6-4-9-24-20)21(27)25-12-15(19(26)13-25)11-14-8-10-23-18-7-3-2-5-16(14)18/h2-10,15,19,26H,11-13H2,1H3,(H,22,24)/t15-,19+/m1/s1. The number of anilines is 1. The summed E-state index contributed by atoms with van der Waals surface area (Å²) in [5.41, 5.74) is 2.63. The van der Waals surface area contributed by atoms with Crippen molar-refractivity contribution >= 4 is 22.6 Å². The second-order valence-electron chi connectivity index (χ2n) is 6.88. The fourth-order valence-electron chi connectivity index (χ4n) is 3.78. The molecule has 0 saturated carbocycles. The van der Waals surface area contributed by atoms with E-state index in [0.29, 0.717) is 30.9 Å². The zero-order chi connectivity index (χ0) is 18.8. The number of likely N-dealkylation sites (tertiary alicyclic amines) is 1. The molecule has 2 aromatic heterocycles. The highest BCUT2D eigenvalue weighted by Crippen LogP contribution is 2.27. The van der Waals surface area contributed by atoms with Crippen LogP contribution in [-0.2, 0) is 6.42 Å². The maximum Gasteiger partial charge on any atom is 0.257 e. The maximum absolute atomic E-state index is 12.9. The highest BCUT2D eigenvalue weighted by molar-refractivity contribution is 5.98. The van der Waals surface area contributed by atoms with Crippen molar-refractivity contribution in [2.45, 2.75) is 12.5 Å². The number of aromatic nitrogens is 2. The minimum Gasteiger partial charge on any atom is -0.391 e. The van der Waals surface area contributed by atoms with E-state index in [2.05, 4.69) is 21.4 Å². The third kappa shape index (κ3) is 3.36. The predicted molar refractivity (Wildman–Crippen MR) is 105 cm³/mol. The number of carbonyl (C=O) groups excluding carboxylic acids is 1. The molecule has 1 saturated heterocycles. The average Bonchev–Trinajstić information content (AvgIpc) is 3.08. The SMILES string of the molecule is CNc1ncccc1C(=O)N1C[C@@H](Cc2ccnc3ccccc23)[C@@H](O)C1. The molecular weight excluding hydrogens is 340 g/mol. The number of aliphatic hydroxyl groups is 1. The normalized spacial score (nSPS) is 19.4. The number of para-hydroxylation sites is 1. The molecule has 0 bridgehead atoms. The van der Waals surface area contributed by atoms with E-state index >= 15 is 0 Å². The van der Waals surface area contributed by atoms with Gasteiger partial charge in [-0.1, -0.05) is 18.2 Å². The van der Waals surface area contributed by atoms with Gasteiger partial charge in [0.2, 0.25) is 0 Å². The van der Waals surface area contributed by atoms with E-state index in [1.165, 1.54) is 0 Å². The van der Waals surface area contributed by atoms with Gasteiger partial charge in [0.25, 0.3) is 5.91 Å². The summed E-state index contributed by atoms with van der Waals surface area (Å²) in [5.74, 6) is 0.448. The summed E-state index contributed by atoms with van der Waals surface area (Å²) in [6.45, 7) is 0.860. The fraction of sp³-hybridized carbons (Fsp3) is 0.286. The van der Waals surface area contributed by atoms with Gasteiger partial charge in [-0.3, -0.25) is 9.78 Å². The highest BCUT2D eigenvalue weighted by Gasteiger charge is 2.35. The number of nitrogens with zero attached hydrogens (tertiary/aromatic N) is 3. The van der Waals surface area contributed by atoms with Crippen molar-refractivity contribution in [3.8, 4) is 0 Å². The number of hydrogen-bond donors (Lipinski definition) is 2. The number of pyridine rings is 2. The number of hydrogen-bond acceptors (Lipinski definition) is 5. The molecule has 6 heteroatoms. The molecule has 3 aromatic rings. The molecule has 2 atom stereocenters. The van der Waals surface area contributed by atoms with Crippen LogP contribution in [0.4, 0.5) is 5.82 Å². The Labute approximate surface area is 157 Å². The number of amides is 1. The molecule has 138 valence electrons. The van der Waals surface area contributed by atoms with Crippen molar-refractivity contribution in [2.24, 2.45) is 5.92 Å². The van der Waals surface area contributed by atoms with Crippen molar-refractivity contribution < 1.29 is 9.90 Å². The Morgan fingerprint density at radius 2 is 2.00 bits per heavy atom. The number of rotatable bonds is 4. The zero-order valence-electron chi connectivity index (χ0n) is 15.2. The Morgan fingerprint density at radius 1 is 1.15 bits per heavy atom. The number of aliphatic hydroxyl groups excluding tert-OH is 1. The number of carbonyl (C=O) groups is 1. The van der Waals surface area contributed by atoms with E-state index in [1.54, 1.807) is 36.5 Å². The molecule has 0 radical (unpaired) electrons. The van der Waals surface area contributed by atoms with Crippen LogP contribution < -0.4 is 5.32 Å². The van der Waals surface area contributed by atoms with Gasteiger partial charge in [0.05, 0.1) is 17.2 Å². The van der Waals surface area contributed by atoms with Gasteiger partial charge in [-0.15, -0.1) is 0 Å². The van der Waals surface area contributed by atoms with Crippen LogP contribution in [0.1, 0.15) is 15.9 Å². The predicted octanol–water partition coefficient (Wildman–Crippen LogP) is 2.35. The van der Waals surface area contributed by atoms with E-state index in [1.807, 2.05) is 24.3 Å². The van der Waals surface area contributed by atoms with Crippen LogP contribution in [0.3, 0.4) is 0 Å². The van der Waals surface area contributed by atoms with Crippen LogP contribution in [0.25, 0.3) is 10.9 Å². The quantitative estimate of drug-likeness (QED) is 0.745. The molecule has 0 spiro atoms. The lowest BCUT2D eigenvalue weighted by molar-refractivity contribution is 0.0765. The number of benzene rings is 1. The second-order valence-corrected chi connectivity index (χ2v) is 6.88. The minimum absolute atomic E-state index is 0.00513. The zero-order valence-corrected chi connectivity index (χ0v) is 15.2. The molecular formula is C21H22N4O2. The molecule has 1 aliphatic heterocycles. The van der Waals surface area contributed by atoms with Gasteiger partial charge >= 0.3 is 0 Å². The van der Waals surface area contributed by atoms with Gasteiger partial charge in [0, 0.05) is 43.8 Å². The van der Waals surface area contributed by atoms with Crippen molar-refractivity contribution in [1.82, 2.24) is 14.9 Å². The van der Waals surface area contributed by atoms with E-state index in [0.717, 1.165) is 16.5 Å². The van der Waals surface area contributed by atoms with Gasteiger partial charge in [-0.05, 0) is 36.2 Å². The molecule has 1 fully saturated rings. The van der Waals surface area contributed by atoms with Crippen LogP contribution in [0.15, 0.2) is 54.9 Å². The van der Waals surface area contributed by atoms with Crippen molar-refractivity contribution in [3.63, 3.8) is 0 Å². The second kappa shape index (κ2) is 7.32. The average molecular weight is 362 g/mol. The van der Waals surface area contributed by atoms with Crippen molar-refractivity contribution in [3.05, 3.63) is 66.0 Å². The third-order valence-corrected chi connectivity index (χ3v) is 5.19. The lowest BCUT2D eigenvalue weighted by atomic mass is 9.94. The van der Waals surface area contributed by atoms with Gasteiger partial charge in [0.1, 0.15) is 5.82 Å². The molecule has 1 amide bonds. The topological polar surface area (TPSA) is 78.4 Å². The van der Waals surface area contributed by atoms with Crippen molar-refractivity contribution in [2.75, 3.05) is 25.5 Å². The van der Waals surface area contributed by atoms with Gasteiger partial charge < -0.3 is 15.3 Å². The minimum atomic E-state index is -0.546. The maximum atomic E-state index is 12.9. The number of fused-ring (bicyclic) bond motifs is 1. The van der Waals surface area contributed by atoms with E-state index in [4.69, 9.17) is 0 Å². The van der Waals surface area contributed by atoms with E-state index in [-0.39, 0.29) is 11.8 Å². The monoisotopic (exact) mass is 362 g/mol. The first kappa shape index (κ1) is 17.4. The van der Waals surface area contributed by atoms with Crippen LogP contribution >= 0.6 is 0 Å². The Morgan fingerprint density at radius 3 is 2.85 bits per heavy atom. The summed E-state index contributed by atoms with van der Waals surface area (Å²) in [6.07, 6.45) is 3.62. The molecule has 1 aliphatic rings. The first-order chi connectivity index (χ1) is 13.2. The summed E-state index contributed by atoms with van der Waals surface area (Å²) < 4.78 is 0. The van der Waals surface area contributed by atoms with Crippen LogP contribution in [0, 0.1) is 5.92 Å². The molecule has 27 heavy (non-hydrogen) atoms. The largest absolute Gasteiger partial charge is 0.391 e.